The lowest BCUT2D eigenvalue weighted by molar-refractivity contribution is 0.569. The minimum absolute atomic E-state index is 0.00346. The van der Waals surface area contributed by atoms with Crippen molar-refractivity contribution in [2.75, 3.05) is 6.54 Å². The van der Waals surface area contributed by atoms with Gasteiger partial charge in [0.25, 0.3) is 0 Å². The van der Waals surface area contributed by atoms with E-state index in [2.05, 4.69) is 20.7 Å². The van der Waals surface area contributed by atoms with E-state index >= 15 is 0 Å². The van der Waals surface area contributed by atoms with Gasteiger partial charge in [0, 0.05) is 6.54 Å². The molecule has 0 aliphatic rings. The molecule has 0 spiro atoms. The second-order valence-electron chi connectivity index (χ2n) is 3.46. The second-order valence-corrected chi connectivity index (χ2v) is 6.08. The Balaban J connectivity index is 2.91. The minimum Gasteiger partial charge on any atom is -0.210 e. The maximum atomic E-state index is 13.2. The first-order valence-electron chi connectivity index (χ1n) is 4.71. The molecular formula is C10H10BrFN2O2S. The van der Waals surface area contributed by atoms with E-state index in [1.54, 1.807) is 6.92 Å². The van der Waals surface area contributed by atoms with Gasteiger partial charge in [-0.15, -0.1) is 0 Å². The summed E-state index contributed by atoms with van der Waals surface area (Å²) in [5.74, 6) is -1.09. The summed E-state index contributed by atoms with van der Waals surface area (Å²) in [6.45, 7) is 1.58. The summed E-state index contributed by atoms with van der Waals surface area (Å²) < 4.78 is 39.0. The van der Waals surface area contributed by atoms with Crippen LogP contribution in [0, 0.1) is 23.1 Å². The highest BCUT2D eigenvalue weighted by Crippen LogP contribution is 2.19. The molecule has 1 aromatic carbocycles. The Morgan fingerprint density at radius 1 is 1.59 bits per heavy atom. The summed E-state index contributed by atoms with van der Waals surface area (Å²) in [6.07, 6.45) is 0. The summed E-state index contributed by atoms with van der Waals surface area (Å²) in [5.41, 5.74) is 0. The molecule has 0 aliphatic carbocycles. The molecule has 0 bridgehead atoms. The molecule has 1 rings (SSSR count). The van der Waals surface area contributed by atoms with Crippen molar-refractivity contribution in [3.8, 4) is 6.07 Å². The van der Waals surface area contributed by atoms with Gasteiger partial charge in [0.2, 0.25) is 10.0 Å². The highest BCUT2D eigenvalue weighted by atomic mass is 79.9. The van der Waals surface area contributed by atoms with E-state index in [1.807, 2.05) is 6.07 Å². The maximum Gasteiger partial charge on any atom is 0.240 e. The van der Waals surface area contributed by atoms with Crippen LogP contribution in [-0.2, 0) is 10.0 Å². The number of nitriles is 1. The van der Waals surface area contributed by atoms with E-state index in [0.29, 0.717) is 0 Å². The van der Waals surface area contributed by atoms with Gasteiger partial charge in [0.15, 0.2) is 0 Å². The Labute approximate surface area is 108 Å². The first-order valence-corrected chi connectivity index (χ1v) is 6.99. The van der Waals surface area contributed by atoms with Crippen molar-refractivity contribution >= 4 is 26.0 Å². The number of benzene rings is 1. The van der Waals surface area contributed by atoms with Crippen molar-refractivity contribution < 1.29 is 12.8 Å². The molecule has 1 aromatic rings. The average Bonchev–Trinajstić information content (AvgIpc) is 2.29. The molecule has 0 heterocycles. The first kappa shape index (κ1) is 14.1. The Kier molecular flexibility index (Phi) is 4.62. The van der Waals surface area contributed by atoms with Crippen LogP contribution in [0.25, 0.3) is 0 Å². The molecule has 0 saturated carbocycles. The van der Waals surface area contributed by atoms with Gasteiger partial charge < -0.3 is 0 Å². The van der Waals surface area contributed by atoms with Crippen molar-refractivity contribution in [2.24, 2.45) is 5.92 Å². The molecular weight excluding hydrogens is 311 g/mol. The smallest absolute Gasteiger partial charge is 0.210 e. The second kappa shape index (κ2) is 5.58. The lowest BCUT2D eigenvalue weighted by Gasteiger charge is -2.08. The number of hydrogen-bond donors (Lipinski definition) is 1. The average molecular weight is 321 g/mol. The molecule has 1 N–H and O–H groups in total. The predicted octanol–water partition coefficient (Wildman–Crippen LogP) is 2.03. The lowest BCUT2D eigenvalue weighted by Crippen LogP contribution is -2.28. The first-order chi connectivity index (χ1) is 7.86. The largest absolute Gasteiger partial charge is 0.240 e. The summed E-state index contributed by atoms with van der Waals surface area (Å²) in [5, 5.41) is 8.53. The summed E-state index contributed by atoms with van der Waals surface area (Å²) in [7, 11) is -3.77. The molecule has 4 nitrogen and oxygen atoms in total. The van der Waals surface area contributed by atoms with E-state index in [-0.39, 0.29) is 15.9 Å². The Bertz CT molecular complexity index is 554. The van der Waals surface area contributed by atoms with Crippen LogP contribution in [0.5, 0.6) is 0 Å². The van der Waals surface area contributed by atoms with Crippen molar-refractivity contribution in [1.29, 1.82) is 5.26 Å². The van der Waals surface area contributed by atoms with Crippen molar-refractivity contribution in [2.45, 2.75) is 11.8 Å². The van der Waals surface area contributed by atoms with E-state index in [9.17, 15) is 12.8 Å². The third-order valence-electron chi connectivity index (χ3n) is 2.00. The number of halogens is 2. The number of sulfonamides is 1. The van der Waals surface area contributed by atoms with E-state index in [4.69, 9.17) is 5.26 Å². The highest BCUT2D eigenvalue weighted by Gasteiger charge is 2.16. The molecule has 17 heavy (non-hydrogen) atoms. The van der Waals surface area contributed by atoms with Crippen LogP contribution in [0.4, 0.5) is 4.39 Å². The maximum absolute atomic E-state index is 13.2. The molecule has 1 atom stereocenters. The predicted molar refractivity (Wildman–Crippen MR) is 64.1 cm³/mol. The zero-order valence-electron chi connectivity index (χ0n) is 8.94. The van der Waals surface area contributed by atoms with Gasteiger partial charge in [-0.1, -0.05) is 0 Å². The minimum atomic E-state index is -3.77. The van der Waals surface area contributed by atoms with Crippen LogP contribution in [0.15, 0.2) is 27.6 Å². The monoisotopic (exact) mass is 320 g/mol. The van der Waals surface area contributed by atoms with Crippen molar-refractivity contribution in [3.05, 3.63) is 28.5 Å². The topological polar surface area (TPSA) is 70.0 Å². The number of hydrogen-bond acceptors (Lipinski definition) is 3. The van der Waals surface area contributed by atoms with Crippen LogP contribution in [-0.4, -0.2) is 15.0 Å². The number of nitrogens with one attached hydrogen (secondary N) is 1. The summed E-state index contributed by atoms with van der Waals surface area (Å²) in [6, 6.07) is 5.42. The Hall–Kier alpha value is -0.970. The molecule has 0 fully saturated rings. The Morgan fingerprint density at radius 3 is 2.76 bits per heavy atom. The fraction of sp³-hybridized carbons (Fsp3) is 0.300. The summed E-state index contributed by atoms with van der Waals surface area (Å²) in [4.78, 5) is -0.164. The molecule has 0 radical (unpaired) electrons. The van der Waals surface area contributed by atoms with Crippen LogP contribution in [0.3, 0.4) is 0 Å². The van der Waals surface area contributed by atoms with Gasteiger partial charge in [-0.2, -0.15) is 5.26 Å². The van der Waals surface area contributed by atoms with Gasteiger partial charge in [-0.25, -0.2) is 17.5 Å². The van der Waals surface area contributed by atoms with Gasteiger partial charge in [0.1, 0.15) is 5.82 Å². The van der Waals surface area contributed by atoms with Crippen LogP contribution < -0.4 is 4.72 Å². The third-order valence-corrected chi connectivity index (χ3v) is 4.07. The van der Waals surface area contributed by atoms with Crippen LogP contribution in [0.2, 0.25) is 0 Å². The standard InChI is InChI=1S/C10H10BrFN2O2S/c1-7(5-13)6-14-17(15,16)8-2-3-9(11)10(12)4-8/h2-4,7,14H,6H2,1H3/t7-/m0/s1. The van der Waals surface area contributed by atoms with Crippen molar-refractivity contribution in [3.63, 3.8) is 0 Å². The van der Waals surface area contributed by atoms with Crippen LogP contribution in [0.1, 0.15) is 6.92 Å². The van der Waals surface area contributed by atoms with Gasteiger partial charge in [-0.3, -0.25) is 0 Å². The van der Waals surface area contributed by atoms with Crippen LogP contribution >= 0.6 is 15.9 Å². The van der Waals surface area contributed by atoms with Gasteiger partial charge in [0.05, 0.1) is 21.4 Å². The van der Waals surface area contributed by atoms with Gasteiger partial charge >= 0.3 is 0 Å². The molecule has 0 amide bonds. The zero-order valence-corrected chi connectivity index (χ0v) is 11.3. The molecule has 7 heteroatoms. The zero-order chi connectivity index (χ0) is 13.1. The Morgan fingerprint density at radius 2 is 2.24 bits per heavy atom. The molecule has 92 valence electrons. The normalized spacial score (nSPS) is 13.1. The number of rotatable bonds is 4. The van der Waals surface area contributed by atoms with Crippen molar-refractivity contribution in [1.82, 2.24) is 4.72 Å². The molecule has 0 aromatic heterocycles. The molecule has 0 unspecified atom stereocenters. The van der Waals surface area contributed by atoms with E-state index in [0.717, 1.165) is 6.07 Å². The fourth-order valence-corrected chi connectivity index (χ4v) is 2.40. The third kappa shape index (κ3) is 3.77. The fourth-order valence-electron chi connectivity index (χ4n) is 1.01. The molecule has 0 aliphatic heterocycles. The van der Waals surface area contributed by atoms with E-state index < -0.39 is 21.8 Å². The SMILES string of the molecule is C[C@@H](C#N)CNS(=O)(=O)c1ccc(Br)c(F)c1. The highest BCUT2D eigenvalue weighted by molar-refractivity contribution is 9.10. The molecule has 0 saturated heterocycles. The van der Waals surface area contributed by atoms with E-state index in [1.165, 1.54) is 12.1 Å². The lowest BCUT2D eigenvalue weighted by atomic mass is 10.2. The quantitative estimate of drug-likeness (QED) is 0.922. The number of nitrogens with zero attached hydrogens (tertiary/aromatic N) is 1. The van der Waals surface area contributed by atoms with Gasteiger partial charge in [-0.05, 0) is 41.1 Å². The summed E-state index contributed by atoms with van der Waals surface area (Å²) >= 11 is 2.94.